The van der Waals surface area contributed by atoms with Gasteiger partial charge in [0.25, 0.3) is 0 Å². The highest BCUT2D eigenvalue weighted by atomic mass is 32.2. The molecule has 4 aromatic rings. The predicted octanol–water partition coefficient (Wildman–Crippen LogP) is 4.90. The molecule has 4 rings (SSSR count). The molecule has 0 aliphatic carbocycles. The van der Waals surface area contributed by atoms with Crippen molar-refractivity contribution in [1.29, 1.82) is 0 Å². The van der Waals surface area contributed by atoms with Gasteiger partial charge < -0.3 is 0 Å². The Labute approximate surface area is 159 Å². The molecule has 0 bridgehead atoms. The zero-order chi connectivity index (χ0) is 20.3. The first-order chi connectivity index (χ1) is 13.0. The summed E-state index contributed by atoms with van der Waals surface area (Å²) in [5, 5.41) is 6.15. The summed E-state index contributed by atoms with van der Waals surface area (Å²) in [5.74, 6) is 0. The molecule has 0 radical (unpaired) electrons. The maximum Gasteiger partial charge on any atom is 0.416 e. The van der Waals surface area contributed by atoms with Gasteiger partial charge in [0.1, 0.15) is 0 Å². The molecule has 9 heteroatoms. The molecule has 0 N–H and O–H groups in total. The number of rotatable bonds is 2. The number of aromatic nitrogens is 3. The highest BCUT2D eigenvalue weighted by Gasteiger charge is 2.30. The molecular weight excluding hydrogens is 389 g/mol. The third-order valence-corrected chi connectivity index (χ3v) is 4.96. The highest BCUT2D eigenvalue weighted by Crippen LogP contribution is 2.35. The van der Waals surface area contributed by atoms with Crippen LogP contribution in [-0.2, 0) is 23.0 Å². The van der Waals surface area contributed by atoms with Crippen molar-refractivity contribution in [2.75, 3.05) is 12.5 Å². The number of nitrogens with zero attached hydrogens (tertiary/aromatic N) is 4. The largest absolute Gasteiger partial charge is 0.416 e. The van der Waals surface area contributed by atoms with Crippen molar-refractivity contribution >= 4 is 37.4 Å². The van der Waals surface area contributed by atoms with Crippen LogP contribution in [0.15, 0.2) is 53.0 Å². The summed E-state index contributed by atoms with van der Waals surface area (Å²) in [6, 6.07) is 10.4. The van der Waals surface area contributed by atoms with Crippen LogP contribution in [0.4, 0.5) is 18.9 Å². The second-order valence-corrected chi connectivity index (χ2v) is 9.44. The van der Waals surface area contributed by atoms with Crippen molar-refractivity contribution in [1.82, 2.24) is 14.3 Å². The average molecular weight is 406 g/mol. The van der Waals surface area contributed by atoms with Gasteiger partial charge in [-0.05, 0) is 42.5 Å². The van der Waals surface area contributed by atoms with Gasteiger partial charge in [-0.3, -0.25) is 9.25 Å². The molecule has 2 aromatic carbocycles. The van der Waals surface area contributed by atoms with Crippen LogP contribution in [0.1, 0.15) is 5.56 Å². The Kier molecular flexibility index (Phi) is 4.04. The van der Waals surface area contributed by atoms with Crippen molar-refractivity contribution in [2.45, 2.75) is 6.18 Å². The molecule has 0 spiro atoms. The van der Waals surface area contributed by atoms with E-state index in [0.717, 1.165) is 28.4 Å². The van der Waals surface area contributed by atoms with E-state index in [4.69, 9.17) is 0 Å². The minimum atomic E-state index is -4.39. The van der Waals surface area contributed by atoms with Crippen LogP contribution in [0.2, 0.25) is 0 Å². The van der Waals surface area contributed by atoms with Gasteiger partial charge in [0.2, 0.25) is 0 Å². The lowest BCUT2D eigenvalue weighted by Gasteiger charge is -2.10. The van der Waals surface area contributed by atoms with E-state index in [-0.39, 0.29) is 0 Å². The number of hydrogen-bond donors (Lipinski definition) is 0. The molecule has 0 unspecified atom stereocenters. The second kappa shape index (κ2) is 6.10. The molecule has 0 amide bonds. The van der Waals surface area contributed by atoms with Gasteiger partial charge in [0.05, 0.1) is 16.8 Å². The molecule has 0 atom stereocenters. The Morgan fingerprint density at radius 3 is 2.32 bits per heavy atom. The molecule has 2 aromatic heterocycles. The van der Waals surface area contributed by atoms with Gasteiger partial charge in [-0.25, -0.2) is 4.21 Å². The fraction of sp³-hybridized carbons (Fsp3) is 0.211. The fourth-order valence-electron chi connectivity index (χ4n) is 3.25. The van der Waals surface area contributed by atoms with Crippen molar-refractivity contribution in [3.05, 3.63) is 54.2 Å². The SMILES string of the molecule is Cn1cc2c3cc(N=S(C)(C)=O)ccc3n(-c3ccc(C(F)(F)F)cc3)c2n1. The van der Waals surface area contributed by atoms with Crippen LogP contribution in [0.25, 0.3) is 27.6 Å². The van der Waals surface area contributed by atoms with Gasteiger partial charge in [-0.2, -0.15) is 22.6 Å². The number of aryl methyl sites for hydroxylation is 1. The van der Waals surface area contributed by atoms with Crippen LogP contribution >= 0.6 is 0 Å². The summed E-state index contributed by atoms with van der Waals surface area (Å²) < 4.78 is 58.4. The van der Waals surface area contributed by atoms with Gasteiger partial charge in [0.15, 0.2) is 5.65 Å². The molecular formula is C19H17F3N4OS. The van der Waals surface area contributed by atoms with Gasteiger partial charge in [0, 0.05) is 51.9 Å². The minimum absolute atomic E-state index is 0.575. The van der Waals surface area contributed by atoms with E-state index in [1.807, 2.05) is 22.9 Å². The standard InChI is InChI=1S/C19H17F3N4OS/c1-25-11-16-15-10-13(24-28(2,3)27)6-9-17(15)26(18(16)23-25)14-7-4-12(5-8-14)19(20,21)22/h4-11H,1-3H3. The van der Waals surface area contributed by atoms with Crippen LogP contribution < -0.4 is 0 Å². The van der Waals surface area contributed by atoms with Crippen LogP contribution in [0.3, 0.4) is 0 Å². The van der Waals surface area contributed by atoms with E-state index in [1.54, 1.807) is 30.3 Å². The highest BCUT2D eigenvalue weighted by molar-refractivity contribution is 7.92. The average Bonchev–Trinajstić information content (AvgIpc) is 3.08. The molecule has 5 nitrogen and oxygen atoms in total. The van der Waals surface area contributed by atoms with Gasteiger partial charge in [-0.1, -0.05) is 0 Å². The van der Waals surface area contributed by atoms with Crippen LogP contribution in [0, 0.1) is 0 Å². The third kappa shape index (κ3) is 3.26. The first-order valence-electron chi connectivity index (χ1n) is 8.35. The number of fused-ring (bicyclic) bond motifs is 3. The molecule has 0 saturated carbocycles. The molecule has 0 aliphatic heterocycles. The number of hydrogen-bond acceptors (Lipinski definition) is 3. The summed E-state index contributed by atoms with van der Waals surface area (Å²) in [5.41, 5.74) is 1.87. The Hall–Kier alpha value is -2.81. The monoisotopic (exact) mass is 406 g/mol. The van der Waals surface area contributed by atoms with E-state index < -0.39 is 21.5 Å². The zero-order valence-electron chi connectivity index (χ0n) is 15.4. The number of alkyl halides is 3. The minimum Gasteiger partial charge on any atom is -0.292 e. The summed E-state index contributed by atoms with van der Waals surface area (Å²) in [7, 11) is -0.537. The summed E-state index contributed by atoms with van der Waals surface area (Å²) in [6.45, 7) is 0. The van der Waals surface area contributed by atoms with Gasteiger partial charge in [-0.15, -0.1) is 0 Å². The van der Waals surface area contributed by atoms with Crippen LogP contribution in [0.5, 0.6) is 0 Å². The summed E-state index contributed by atoms with van der Waals surface area (Å²) in [6.07, 6.45) is 0.577. The molecule has 146 valence electrons. The van der Waals surface area contributed by atoms with Gasteiger partial charge >= 0.3 is 6.18 Å². The fourth-order valence-corrected chi connectivity index (χ4v) is 3.87. The molecule has 28 heavy (non-hydrogen) atoms. The summed E-state index contributed by atoms with van der Waals surface area (Å²) >= 11 is 0. The van der Waals surface area contributed by atoms with Crippen LogP contribution in [-0.4, -0.2) is 31.1 Å². The van der Waals surface area contributed by atoms with Crippen molar-refractivity contribution in [3.63, 3.8) is 0 Å². The van der Waals surface area contributed by atoms with E-state index >= 15 is 0 Å². The second-order valence-electron chi connectivity index (χ2n) is 6.89. The molecule has 0 fully saturated rings. The maximum atomic E-state index is 12.9. The van der Waals surface area contributed by atoms with Crippen molar-refractivity contribution < 1.29 is 17.4 Å². The smallest absolute Gasteiger partial charge is 0.292 e. The lowest BCUT2D eigenvalue weighted by atomic mass is 10.2. The zero-order valence-corrected chi connectivity index (χ0v) is 16.2. The summed E-state index contributed by atoms with van der Waals surface area (Å²) in [4.78, 5) is 0. The number of halogens is 3. The molecule has 0 saturated heterocycles. The topological polar surface area (TPSA) is 52.2 Å². The predicted molar refractivity (Wildman–Crippen MR) is 105 cm³/mol. The Morgan fingerprint density at radius 1 is 1.04 bits per heavy atom. The molecule has 0 aliphatic rings. The Morgan fingerprint density at radius 2 is 1.71 bits per heavy atom. The quantitative estimate of drug-likeness (QED) is 0.476. The normalized spacial score (nSPS) is 12.8. The third-order valence-electron chi connectivity index (χ3n) is 4.31. The lowest BCUT2D eigenvalue weighted by molar-refractivity contribution is -0.137. The van der Waals surface area contributed by atoms with Crippen molar-refractivity contribution in [2.24, 2.45) is 11.4 Å². The lowest BCUT2D eigenvalue weighted by Crippen LogP contribution is -2.05. The first-order valence-corrected chi connectivity index (χ1v) is 10.7. The van der Waals surface area contributed by atoms with E-state index in [2.05, 4.69) is 9.46 Å². The first kappa shape index (κ1) is 18.5. The van der Waals surface area contributed by atoms with E-state index in [9.17, 15) is 17.4 Å². The Balaban J connectivity index is 1.98. The number of benzene rings is 2. The van der Waals surface area contributed by atoms with Crippen molar-refractivity contribution in [3.8, 4) is 5.69 Å². The van der Waals surface area contributed by atoms with E-state index in [0.29, 0.717) is 17.0 Å². The van der Waals surface area contributed by atoms with E-state index in [1.165, 1.54) is 12.1 Å². The maximum absolute atomic E-state index is 12.9. The Bertz CT molecular complexity index is 1320. The molecule has 2 heterocycles.